The second kappa shape index (κ2) is 9.55. The molecule has 10 heteroatoms. The number of hydrogen-bond donors (Lipinski definition) is 2. The van der Waals surface area contributed by atoms with Crippen LogP contribution >= 0.6 is 34.7 Å². The molecule has 0 saturated carbocycles. The highest BCUT2D eigenvalue weighted by Crippen LogP contribution is 2.31. The Kier molecular flexibility index (Phi) is 6.61. The lowest BCUT2D eigenvalue weighted by atomic mass is 10.2. The van der Waals surface area contributed by atoms with Gasteiger partial charge in [-0.2, -0.15) is 0 Å². The van der Waals surface area contributed by atoms with Gasteiger partial charge in [0.2, 0.25) is 11.0 Å². The monoisotopic (exact) mass is 462 g/mol. The van der Waals surface area contributed by atoms with Crippen LogP contribution in [0.1, 0.15) is 5.56 Å². The van der Waals surface area contributed by atoms with Crippen LogP contribution in [0.25, 0.3) is 0 Å². The first kappa shape index (κ1) is 20.8. The molecule has 30 heavy (non-hydrogen) atoms. The van der Waals surface area contributed by atoms with Crippen molar-refractivity contribution in [1.82, 2.24) is 15.5 Å². The molecule has 0 fully saturated rings. The van der Waals surface area contributed by atoms with E-state index in [-0.39, 0.29) is 17.8 Å². The molecule has 0 unspecified atom stereocenters. The molecular formula is C20H19ClN4O3S2. The smallest absolute Gasteiger partial charge is 0.230 e. The molecule has 2 N–H and O–H groups in total. The molecule has 3 aromatic rings. The van der Waals surface area contributed by atoms with Crippen molar-refractivity contribution in [3.8, 4) is 11.5 Å². The number of ether oxygens (including phenoxy) is 2. The van der Waals surface area contributed by atoms with Crippen LogP contribution in [-0.4, -0.2) is 41.1 Å². The Labute approximate surface area is 187 Å². The van der Waals surface area contributed by atoms with Crippen molar-refractivity contribution in [2.24, 2.45) is 0 Å². The van der Waals surface area contributed by atoms with Crippen molar-refractivity contribution in [3.63, 3.8) is 0 Å². The summed E-state index contributed by atoms with van der Waals surface area (Å²) in [6.07, 6.45) is -0.216. The van der Waals surface area contributed by atoms with Crippen molar-refractivity contribution in [2.45, 2.75) is 17.4 Å². The summed E-state index contributed by atoms with van der Waals surface area (Å²) in [4.78, 5) is 12.2. The van der Waals surface area contributed by atoms with Crippen molar-refractivity contribution in [2.75, 3.05) is 24.2 Å². The van der Waals surface area contributed by atoms with Gasteiger partial charge < -0.3 is 20.1 Å². The van der Waals surface area contributed by atoms with Gasteiger partial charge in [0, 0.05) is 10.7 Å². The van der Waals surface area contributed by atoms with E-state index in [2.05, 4.69) is 20.8 Å². The number of carbonyl (C=O) groups excluding carboxylic acids is 1. The zero-order chi connectivity index (χ0) is 20.9. The number of hydrogen-bond acceptors (Lipinski definition) is 8. The van der Waals surface area contributed by atoms with Gasteiger partial charge in [-0.15, -0.1) is 10.2 Å². The molecule has 7 nitrogen and oxygen atoms in total. The predicted octanol–water partition coefficient (Wildman–Crippen LogP) is 4.29. The second-order valence-electron chi connectivity index (χ2n) is 6.50. The number of fused-ring (bicyclic) bond motifs is 1. The third-order valence-corrected chi connectivity index (χ3v) is 6.72. The SMILES string of the molecule is Cc1c(Cl)cccc1Nc1nnc(SCC(=O)NC[C@H]2COc3ccccc3O2)s1. The van der Waals surface area contributed by atoms with Crippen LogP contribution in [0.2, 0.25) is 5.02 Å². The second-order valence-corrected chi connectivity index (χ2v) is 9.11. The third kappa shape index (κ3) is 5.16. The minimum atomic E-state index is -0.216. The lowest BCUT2D eigenvalue weighted by Gasteiger charge is -2.26. The maximum atomic E-state index is 12.2. The Balaban J connectivity index is 1.22. The summed E-state index contributed by atoms with van der Waals surface area (Å²) in [7, 11) is 0. The van der Waals surface area contributed by atoms with Gasteiger partial charge in [-0.25, -0.2) is 0 Å². The van der Waals surface area contributed by atoms with Crippen LogP contribution in [0.5, 0.6) is 11.5 Å². The van der Waals surface area contributed by atoms with Crippen LogP contribution in [0.4, 0.5) is 10.8 Å². The molecule has 4 rings (SSSR count). The highest BCUT2D eigenvalue weighted by atomic mass is 35.5. The van der Waals surface area contributed by atoms with Crippen LogP contribution in [0, 0.1) is 6.92 Å². The summed E-state index contributed by atoms with van der Waals surface area (Å²) in [5, 5.41) is 15.7. The molecule has 1 atom stereocenters. The number of nitrogens with one attached hydrogen (secondary N) is 2. The van der Waals surface area contributed by atoms with Crippen molar-refractivity contribution in [3.05, 3.63) is 53.1 Å². The number of carbonyl (C=O) groups is 1. The van der Waals surface area contributed by atoms with Gasteiger partial charge in [-0.1, -0.05) is 52.9 Å². The maximum absolute atomic E-state index is 12.2. The predicted molar refractivity (Wildman–Crippen MR) is 119 cm³/mol. The maximum Gasteiger partial charge on any atom is 0.230 e. The van der Waals surface area contributed by atoms with E-state index >= 15 is 0 Å². The number of para-hydroxylation sites is 2. The minimum absolute atomic E-state index is 0.0992. The fraction of sp³-hybridized carbons (Fsp3) is 0.250. The van der Waals surface area contributed by atoms with Crippen molar-refractivity contribution >= 4 is 51.4 Å². The lowest BCUT2D eigenvalue weighted by Crippen LogP contribution is -2.41. The molecule has 1 aliphatic heterocycles. The zero-order valence-electron chi connectivity index (χ0n) is 16.1. The van der Waals surface area contributed by atoms with Gasteiger partial charge in [0.05, 0.1) is 12.3 Å². The Morgan fingerprint density at radius 3 is 2.93 bits per heavy atom. The largest absolute Gasteiger partial charge is 0.486 e. The first-order valence-electron chi connectivity index (χ1n) is 9.22. The molecule has 0 saturated heterocycles. The van der Waals surface area contributed by atoms with Crippen molar-refractivity contribution in [1.29, 1.82) is 0 Å². The number of halogens is 1. The first-order valence-corrected chi connectivity index (χ1v) is 11.4. The molecule has 0 aliphatic carbocycles. The van der Waals surface area contributed by atoms with E-state index in [0.29, 0.717) is 33.4 Å². The molecule has 2 aromatic carbocycles. The highest BCUT2D eigenvalue weighted by Gasteiger charge is 2.21. The molecule has 0 bridgehead atoms. The molecule has 1 aliphatic rings. The Morgan fingerprint density at radius 1 is 1.23 bits per heavy atom. The summed E-state index contributed by atoms with van der Waals surface area (Å²) >= 11 is 8.86. The summed E-state index contributed by atoms with van der Waals surface area (Å²) in [6, 6.07) is 13.1. The fourth-order valence-electron chi connectivity index (χ4n) is 2.75. The van der Waals surface area contributed by atoms with E-state index in [4.69, 9.17) is 21.1 Å². The van der Waals surface area contributed by atoms with Crippen LogP contribution in [-0.2, 0) is 4.79 Å². The van der Waals surface area contributed by atoms with Gasteiger partial charge >= 0.3 is 0 Å². The van der Waals surface area contributed by atoms with Gasteiger partial charge in [0.25, 0.3) is 0 Å². The minimum Gasteiger partial charge on any atom is -0.486 e. The number of anilines is 2. The summed E-state index contributed by atoms with van der Waals surface area (Å²) in [6.45, 7) is 2.72. The highest BCUT2D eigenvalue weighted by molar-refractivity contribution is 8.01. The topological polar surface area (TPSA) is 85.4 Å². The zero-order valence-corrected chi connectivity index (χ0v) is 18.4. The van der Waals surface area contributed by atoms with E-state index in [0.717, 1.165) is 17.0 Å². The Morgan fingerprint density at radius 2 is 2.07 bits per heavy atom. The van der Waals surface area contributed by atoms with E-state index in [9.17, 15) is 4.79 Å². The van der Waals surface area contributed by atoms with E-state index in [1.54, 1.807) is 0 Å². The van der Waals surface area contributed by atoms with Gasteiger partial charge in [-0.3, -0.25) is 4.79 Å². The van der Waals surface area contributed by atoms with Gasteiger partial charge in [0.15, 0.2) is 15.8 Å². The molecule has 2 heterocycles. The molecule has 1 amide bonds. The van der Waals surface area contributed by atoms with E-state index in [1.165, 1.54) is 23.1 Å². The quantitative estimate of drug-likeness (QED) is 0.506. The Bertz CT molecular complexity index is 1050. The normalized spacial score (nSPS) is 14.9. The number of nitrogens with zero attached hydrogens (tertiary/aromatic N) is 2. The van der Waals surface area contributed by atoms with Crippen molar-refractivity contribution < 1.29 is 14.3 Å². The van der Waals surface area contributed by atoms with Crippen LogP contribution < -0.4 is 20.1 Å². The fourth-order valence-corrected chi connectivity index (χ4v) is 4.52. The van der Waals surface area contributed by atoms with E-state index < -0.39 is 0 Å². The molecule has 0 spiro atoms. The molecular weight excluding hydrogens is 444 g/mol. The summed E-state index contributed by atoms with van der Waals surface area (Å²) in [5.74, 6) is 1.57. The number of rotatable bonds is 7. The van der Waals surface area contributed by atoms with Gasteiger partial charge in [0.1, 0.15) is 12.7 Å². The van der Waals surface area contributed by atoms with Gasteiger partial charge in [-0.05, 0) is 36.8 Å². The first-order chi connectivity index (χ1) is 14.6. The van der Waals surface area contributed by atoms with E-state index in [1.807, 2.05) is 49.4 Å². The number of aromatic nitrogens is 2. The number of amides is 1. The summed E-state index contributed by atoms with van der Waals surface area (Å²) in [5.41, 5.74) is 1.82. The standard InChI is InChI=1S/C20H19ClN4O3S2/c1-12-14(21)5-4-6-15(12)23-19-24-25-20(30-19)29-11-18(26)22-9-13-10-27-16-7-2-3-8-17(16)28-13/h2-8,13H,9-11H2,1H3,(H,22,26)(H,23,24)/t13-/m0/s1. The third-order valence-electron chi connectivity index (χ3n) is 4.34. The lowest BCUT2D eigenvalue weighted by molar-refractivity contribution is -0.119. The number of benzene rings is 2. The average Bonchev–Trinajstić information content (AvgIpc) is 3.21. The Hall–Kier alpha value is -2.49. The van der Waals surface area contributed by atoms with Crippen LogP contribution in [0.15, 0.2) is 46.8 Å². The molecule has 156 valence electrons. The van der Waals surface area contributed by atoms with Crippen LogP contribution in [0.3, 0.4) is 0 Å². The molecule has 1 aromatic heterocycles. The summed E-state index contributed by atoms with van der Waals surface area (Å²) < 4.78 is 12.2. The molecule has 0 radical (unpaired) electrons. The number of thioether (sulfide) groups is 1. The average molecular weight is 463 g/mol.